The molecule has 0 aromatic carbocycles. The minimum absolute atomic E-state index is 0. The molecule has 0 saturated heterocycles. The number of carbonyl (C=O) groups excluding carboxylic acids is 2. The molecule has 112 valence electrons. The number of carbonyl (C=O) groups is 2. The van der Waals surface area contributed by atoms with Gasteiger partial charge >= 0.3 is 21.7 Å². The minimum atomic E-state index is 0. The molecule has 2 amide bonds. The first-order valence-electron chi connectivity index (χ1n) is 6.02. The Bertz CT molecular complexity index is 161. The number of hydrogen-bond donors (Lipinski definition) is 0. The third kappa shape index (κ3) is 31.8. The van der Waals surface area contributed by atoms with E-state index in [0.717, 1.165) is 12.8 Å². The largest absolute Gasteiger partial charge is 4.00 e. The maximum Gasteiger partial charge on any atom is 4.00 e. The van der Waals surface area contributed by atoms with E-state index in [1.165, 1.54) is 0 Å². The second-order valence-corrected chi connectivity index (χ2v) is 3.24. The first-order chi connectivity index (χ1) is 7.62. The Morgan fingerprint density at radius 1 is 0.737 bits per heavy atom. The zero-order chi connectivity index (χ0) is 12.8. The predicted molar refractivity (Wildman–Crippen MR) is 67.6 cm³/mol. The zero-order valence-corrected chi connectivity index (χ0v) is 13.8. The SMILES string of the molecule is CCCC(=O)[N-]CC.CCCC(=O)[N-]CC.[F-].[F-].[Ti+4]. The second kappa shape index (κ2) is 26.2. The quantitative estimate of drug-likeness (QED) is 0.506. The Labute approximate surface area is 130 Å². The van der Waals surface area contributed by atoms with Gasteiger partial charge in [0.15, 0.2) is 0 Å². The summed E-state index contributed by atoms with van der Waals surface area (Å²) in [7, 11) is 0. The number of halogens is 2. The van der Waals surface area contributed by atoms with Gasteiger partial charge < -0.3 is 29.6 Å². The van der Waals surface area contributed by atoms with Gasteiger partial charge in [0, 0.05) is 0 Å². The van der Waals surface area contributed by atoms with Crippen LogP contribution in [0.2, 0.25) is 0 Å². The molecule has 0 aromatic rings. The standard InChI is InChI=1S/2C6H13NO.2FH.Ti/c2*1-3-5-6(8)7-4-2;;;/h2*3-5H2,1-2H3,(H,7,8);2*1H;/q;;;;+4/p-4. The first kappa shape index (κ1) is 31.1. The first-order valence-corrected chi connectivity index (χ1v) is 6.02. The summed E-state index contributed by atoms with van der Waals surface area (Å²) in [5.41, 5.74) is 0. The molecule has 0 N–H and O–H groups in total. The third-order valence-electron chi connectivity index (χ3n) is 1.60. The van der Waals surface area contributed by atoms with Crippen LogP contribution in [-0.2, 0) is 31.3 Å². The molecule has 0 rings (SSSR count). The van der Waals surface area contributed by atoms with Gasteiger partial charge in [-0.3, -0.25) is 0 Å². The van der Waals surface area contributed by atoms with Crippen LogP contribution in [0.4, 0.5) is 0 Å². The van der Waals surface area contributed by atoms with Crippen molar-refractivity contribution in [2.45, 2.75) is 53.4 Å². The second-order valence-electron chi connectivity index (χ2n) is 3.24. The summed E-state index contributed by atoms with van der Waals surface area (Å²) < 4.78 is 0. The summed E-state index contributed by atoms with van der Waals surface area (Å²) >= 11 is 0. The van der Waals surface area contributed by atoms with E-state index in [4.69, 9.17) is 0 Å². The van der Waals surface area contributed by atoms with Crippen molar-refractivity contribution < 1.29 is 40.7 Å². The summed E-state index contributed by atoms with van der Waals surface area (Å²) in [6.45, 7) is 8.94. The van der Waals surface area contributed by atoms with E-state index in [9.17, 15) is 9.59 Å². The topological polar surface area (TPSA) is 62.3 Å². The molecular formula is C12H24F2N2O2Ti. The molecule has 0 aliphatic carbocycles. The van der Waals surface area contributed by atoms with E-state index in [1.54, 1.807) is 0 Å². The Hall–Kier alpha value is -0.486. The Morgan fingerprint density at radius 2 is 1.00 bits per heavy atom. The Kier molecular flexibility index (Phi) is 42.8. The van der Waals surface area contributed by atoms with E-state index < -0.39 is 0 Å². The molecule has 0 aromatic heterocycles. The summed E-state index contributed by atoms with van der Waals surface area (Å²) in [6.07, 6.45) is 3.02. The zero-order valence-electron chi connectivity index (χ0n) is 12.2. The van der Waals surface area contributed by atoms with Crippen LogP contribution in [0.3, 0.4) is 0 Å². The van der Waals surface area contributed by atoms with Crippen LogP contribution >= 0.6 is 0 Å². The van der Waals surface area contributed by atoms with E-state index in [-0.39, 0.29) is 42.9 Å². The van der Waals surface area contributed by atoms with E-state index in [2.05, 4.69) is 10.6 Å². The van der Waals surface area contributed by atoms with Gasteiger partial charge in [0.1, 0.15) is 0 Å². The van der Waals surface area contributed by atoms with E-state index in [0.29, 0.717) is 25.9 Å². The monoisotopic (exact) mass is 314 g/mol. The van der Waals surface area contributed by atoms with Gasteiger partial charge in [-0.05, 0) is 12.8 Å². The summed E-state index contributed by atoms with van der Waals surface area (Å²) in [5.74, 6) is 0.0741. The number of rotatable bonds is 6. The molecule has 0 unspecified atom stereocenters. The molecule has 0 atom stereocenters. The van der Waals surface area contributed by atoms with Gasteiger partial charge in [0.2, 0.25) is 0 Å². The van der Waals surface area contributed by atoms with Crippen LogP contribution in [0, 0.1) is 0 Å². The molecule has 19 heavy (non-hydrogen) atoms. The maximum absolute atomic E-state index is 10.5. The van der Waals surface area contributed by atoms with Crippen LogP contribution in [-0.4, -0.2) is 24.9 Å². The van der Waals surface area contributed by atoms with Crippen molar-refractivity contribution in [3.05, 3.63) is 10.6 Å². The van der Waals surface area contributed by atoms with Gasteiger partial charge in [-0.1, -0.05) is 40.5 Å². The van der Waals surface area contributed by atoms with Gasteiger partial charge in [-0.2, -0.15) is 0 Å². The van der Waals surface area contributed by atoms with Crippen LogP contribution in [0.15, 0.2) is 0 Å². The molecule has 0 fully saturated rings. The molecular weight excluding hydrogens is 290 g/mol. The van der Waals surface area contributed by atoms with Gasteiger partial charge in [0.05, 0.1) is 11.8 Å². The summed E-state index contributed by atoms with van der Waals surface area (Å²) in [4.78, 5) is 21.0. The van der Waals surface area contributed by atoms with Crippen molar-refractivity contribution in [2.24, 2.45) is 0 Å². The third-order valence-corrected chi connectivity index (χ3v) is 1.60. The van der Waals surface area contributed by atoms with Crippen LogP contribution in [0.5, 0.6) is 0 Å². The molecule has 7 heteroatoms. The predicted octanol–water partition coefficient (Wildman–Crippen LogP) is -2.58. The average Bonchev–Trinajstić information content (AvgIpc) is 2.20. The normalized spacial score (nSPS) is 7.37. The molecule has 0 spiro atoms. The number of amides is 2. The van der Waals surface area contributed by atoms with Crippen molar-refractivity contribution in [3.8, 4) is 0 Å². The van der Waals surface area contributed by atoms with Gasteiger partial charge in [-0.25, -0.2) is 0 Å². The van der Waals surface area contributed by atoms with Crippen molar-refractivity contribution in [2.75, 3.05) is 13.1 Å². The fraction of sp³-hybridized carbons (Fsp3) is 0.833. The van der Waals surface area contributed by atoms with Crippen molar-refractivity contribution in [3.63, 3.8) is 0 Å². The minimum Gasteiger partial charge on any atom is -1.00 e. The fourth-order valence-electron chi connectivity index (χ4n) is 0.939. The van der Waals surface area contributed by atoms with Crippen LogP contribution in [0.25, 0.3) is 10.6 Å². The Balaban J connectivity index is -0.0000000594. The van der Waals surface area contributed by atoms with E-state index in [1.807, 2.05) is 27.7 Å². The molecule has 0 radical (unpaired) electrons. The number of hydrogen-bond acceptors (Lipinski definition) is 2. The molecule has 0 heterocycles. The summed E-state index contributed by atoms with van der Waals surface area (Å²) in [5, 5.41) is 7.35. The van der Waals surface area contributed by atoms with Crippen molar-refractivity contribution in [1.29, 1.82) is 0 Å². The van der Waals surface area contributed by atoms with Gasteiger partial charge in [0.25, 0.3) is 0 Å². The fourth-order valence-corrected chi connectivity index (χ4v) is 0.939. The van der Waals surface area contributed by atoms with Crippen molar-refractivity contribution >= 4 is 11.8 Å². The molecule has 0 saturated carbocycles. The van der Waals surface area contributed by atoms with Gasteiger partial charge in [-0.15, -0.1) is 13.1 Å². The van der Waals surface area contributed by atoms with Crippen LogP contribution < -0.4 is 9.41 Å². The molecule has 4 nitrogen and oxygen atoms in total. The number of nitrogens with zero attached hydrogens (tertiary/aromatic N) is 2. The molecule has 0 aliphatic heterocycles. The maximum atomic E-state index is 10.5. The van der Waals surface area contributed by atoms with Crippen LogP contribution in [0.1, 0.15) is 53.4 Å². The Morgan fingerprint density at radius 3 is 1.16 bits per heavy atom. The van der Waals surface area contributed by atoms with Crippen molar-refractivity contribution in [1.82, 2.24) is 0 Å². The summed E-state index contributed by atoms with van der Waals surface area (Å²) in [6, 6.07) is 0. The smallest absolute Gasteiger partial charge is 1.00 e. The molecule has 0 aliphatic rings. The molecule has 0 bridgehead atoms. The average molecular weight is 314 g/mol. The van der Waals surface area contributed by atoms with E-state index >= 15 is 0 Å².